The van der Waals surface area contributed by atoms with Crippen molar-refractivity contribution in [2.75, 3.05) is 24.3 Å². The summed E-state index contributed by atoms with van der Waals surface area (Å²) in [6.45, 7) is 0. The third-order valence-electron chi connectivity index (χ3n) is 8.11. The normalized spacial score (nSPS) is 27.0. The van der Waals surface area contributed by atoms with Gasteiger partial charge < -0.3 is 35.8 Å². The summed E-state index contributed by atoms with van der Waals surface area (Å²) in [4.78, 5) is 53.3. The number of aliphatic hydroxyl groups is 3. The van der Waals surface area contributed by atoms with Crippen molar-refractivity contribution in [3.63, 3.8) is 0 Å². The number of rotatable bonds is 4. The molecular formula is C28H28BrN3O9. The fourth-order valence-electron chi connectivity index (χ4n) is 6.21. The molecule has 0 bridgehead atoms. The summed E-state index contributed by atoms with van der Waals surface area (Å²) in [7, 11) is 3.42. The fraction of sp³-hybridized carbons (Fsp3) is 0.357. The van der Waals surface area contributed by atoms with Gasteiger partial charge in [-0.1, -0.05) is 15.9 Å². The van der Waals surface area contributed by atoms with Gasteiger partial charge in [-0.15, -0.1) is 0 Å². The Balaban J connectivity index is 1.57. The van der Waals surface area contributed by atoms with E-state index >= 15 is 0 Å². The van der Waals surface area contributed by atoms with Crippen LogP contribution in [-0.4, -0.2) is 69.8 Å². The van der Waals surface area contributed by atoms with E-state index in [0.29, 0.717) is 11.3 Å². The Morgan fingerprint density at radius 2 is 1.80 bits per heavy atom. The molecule has 2 amide bonds. The largest absolute Gasteiger partial charge is 0.508 e. The lowest BCUT2D eigenvalue weighted by Gasteiger charge is -2.48. The minimum absolute atomic E-state index is 0.0441. The third-order valence-corrected chi connectivity index (χ3v) is 8.64. The second-order valence-electron chi connectivity index (χ2n) is 10.7. The van der Waals surface area contributed by atoms with Crippen LogP contribution in [0.4, 0.5) is 16.2 Å². The van der Waals surface area contributed by atoms with E-state index in [-0.39, 0.29) is 41.8 Å². The van der Waals surface area contributed by atoms with Gasteiger partial charge in [0.2, 0.25) is 5.91 Å². The Morgan fingerprint density at radius 3 is 2.41 bits per heavy atom. The lowest BCUT2D eigenvalue weighted by atomic mass is 9.58. The molecule has 12 nitrogen and oxygen atoms in total. The molecule has 1 fully saturated rings. The second kappa shape index (κ2) is 10.2. The molecule has 5 rings (SSSR count). The number of nitrogens with two attached hydrogens (primary N) is 1. The van der Waals surface area contributed by atoms with E-state index < -0.39 is 64.5 Å². The van der Waals surface area contributed by atoms with Gasteiger partial charge in [0.1, 0.15) is 17.4 Å². The smallest absolute Gasteiger partial charge is 0.417 e. The highest BCUT2D eigenvalue weighted by atomic mass is 79.9. The number of nitrogens with zero attached hydrogens (tertiary/aromatic N) is 1. The van der Waals surface area contributed by atoms with E-state index in [1.165, 1.54) is 6.07 Å². The number of nitrogens with one attached hydrogen (secondary N) is 1. The molecule has 1 saturated carbocycles. The van der Waals surface area contributed by atoms with Gasteiger partial charge in [0, 0.05) is 35.7 Å². The predicted molar refractivity (Wildman–Crippen MR) is 149 cm³/mol. The minimum Gasteiger partial charge on any atom is -0.508 e. The van der Waals surface area contributed by atoms with Gasteiger partial charge in [0.25, 0.3) is 0 Å². The molecule has 5 atom stereocenters. The number of benzene rings is 2. The molecule has 0 saturated heterocycles. The van der Waals surface area contributed by atoms with Crippen molar-refractivity contribution in [2.45, 2.75) is 31.0 Å². The number of carbonyl (C=O) groups excluding carboxylic acids is 4. The molecule has 41 heavy (non-hydrogen) atoms. The summed E-state index contributed by atoms with van der Waals surface area (Å²) in [6, 6.07) is 7.93. The van der Waals surface area contributed by atoms with E-state index in [1.807, 2.05) is 0 Å². The summed E-state index contributed by atoms with van der Waals surface area (Å²) in [5.41, 5.74) is 2.98. The SMILES string of the molecule is CN(C)c1cc(NC(=O)Oc2ccc(Br)cc2)c(O)c2c1C[C@H]1C[C@H]3CC(O)C(C(N)=O)C(=O)[C@@]3(O)C(O)=C1C2=O. The Morgan fingerprint density at radius 1 is 1.15 bits per heavy atom. The van der Waals surface area contributed by atoms with Crippen molar-refractivity contribution in [3.8, 4) is 11.5 Å². The fourth-order valence-corrected chi connectivity index (χ4v) is 6.48. The monoisotopic (exact) mass is 629 g/mol. The van der Waals surface area contributed by atoms with Crippen LogP contribution in [0.1, 0.15) is 28.8 Å². The quantitative estimate of drug-likeness (QED) is 0.215. The first-order valence-corrected chi connectivity index (χ1v) is 13.6. The highest BCUT2D eigenvalue weighted by Gasteiger charge is 2.62. The van der Waals surface area contributed by atoms with Gasteiger partial charge in [-0.3, -0.25) is 19.7 Å². The van der Waals surface area contributed by atoms with Gasteiger partial charge in [0.05, 0.1) is 17.4 Å². The number of ketones is 2. The summed E-state index contributed by atoms with van der Waals surface area (Å²) in [5.74, 6) is -7.86. The number of amides is 2. The van der Waals surface area contributed by atoms with Crippen LogP contribution in [0.5, 0.6) is 11.5 Å². The number of primary amides is 1. The van der Waals surface area contributed by atoms with Crippen molar-refractivity contribution in [1.82, 2.24) is 0 Å². The van der Waals surface area contributed by atoms with Crippen molar-refractivity contribution in [2.24, 2.45) is 23.5 Å². The maximum Gasteiger partial charge on any atom is 0.417 e. The zero-order valence-corrected chi connectivity index (χ0v) is 23.6. The van der Waals surface area contributed by atoms with E-state index in [4.69, 9.17) is 10.5 Å². The Kier molecular flexibility index (Phi) is 7.08. The van der Waals surface area contributed by atoms with E-state index in [1.54, 1.807) is 43.3 Å². The van der Waals surface area contributed by atoms with Gasteiger partial charge in [-0.05, 0) is 61.1 Å². The van der Waals surface area contributed by atoms with Crippen LogP contribution in [0.3, 0.4) is 0 Å². The molecule has 3 aliphatic rings. The first-order chi connectivity index (χ1) is 19.2. The first kappa shape index (κ1) is 28.6. The molecular weight excluding hydrogens is 602 g/mol. The maximum atomic E-state index is 13.9. The van der Waals surface area contributed by atoms with Crippen LogP contribution < -0.4 is 20.7 Å². The molecule has 0 radical (unpaired) electrons. The molecule has 2 aromatic carbocycles. The molecule has 0 spiro atoms. The highest BCUT2D eigenvalue weighted by Crippen LogP contribution is 2.53. The molecule has 13 heteroatoms. The van der Waals surface area contributed by atoms with Crippen molar-refractivity contribution < 1.29 is 44.3 Å². The van der Waals surface area contributed by atoms with Crippen molar-refractivity contribution in [1.29, 1.82) is 0 Å². The van der Waals surface area contributed by atoms with Crippen LogP contribution in [0.15, 0.2) is 46.1 Å². The number of Topliss-reactive ketones (excluding diaryl/α,β-unsaturated/α-hetero) is 2. The second-order valence-corrected chi connectivity index (χ2v) is 11.7. The molecule has 3 aliphatic carbocycles. The molecule has 0 aliphatic heterocycles. The number of phenols is 1. The van der Waals surface area contributed by atoms with Crippen molar-refractivity contribution >= 4 is 50.9 Å². The number of aromatic hydroxyl groups is 1. The van der Waals surface area contributed by atoms with Gasteiger partial charge >= 0.3 is 6.09 Å². The van der Waals surface area contributed by atoms with Crippen LogP contribution >= 0.6 is 15.9 Å². The van der Waals surface area contributed by atoms with E-state index in [9.17, 15) is 39.6 Å². The zero-order chi connectivity index (χ0) is 30.0. The van der Waals surface area contributed by atoms with E-state index in [0.717, 1.165) is 4.47 Å². The number of anilines is 2. The third kappa shape index (κ3) is 4.53. The van der Waals surface area contributed by atoms with Crippen LogP contribution in [0.2, 0.25) is 0 Å². The number of ether oxygens (including phenoxy) is 1. The molecule has 7 N–H and O–H groups in total. The van der Waals surface area contributed by atoms with Crippen molar-refractivity contribution in [3.05, 3.63) is 57.3 Å². The topological polar surface area (TPSA) is 200 Å². The number of hydrogen-bond donors (Lipinski definition) is 6. The first-order valence-electron chi connectivity index (χ1n) is 12.8. The Labute approximate surface area is 242 Å². The molecule has 0 heterocycles. The van der Waals surface area contributed by atoms with Gasteiger partial charge in [-0.25, -0.2) is 4.79 Å². The molecule has 216 valence electrons. The zero-order valence-electron chi connectivity index (χ0n) is 22.1. The van der Waals surface area contributed by atoms with E-state index in [2.05, 4.69) is 21.2 Å². The molecule has 2 unspecified atom stereocenters. The van der Waals surface area contributed by atoms with Crippen LogP contribution in [0.25, 0.3) is 0 Å². The average molecular weight is 630 g/mol. The lowest BCUT2D eigenvalue weighted by Crippen LogP contribution is -2.63. The standard InChI is InChI=1S/C28H28BrN3O9/c1-32(2)17-10-16(31-27(39)41-14-5-3-13(29)4-6-14)22(34)20-15(17)8-11-7-12-9-18(33)21(26(30)38)25(37)28(12,40)24(36)19(11)23(20)35/h3-6,10-12,18,21,33-34,36,40H,7-9H2,1-2H3,(H2,30,38)(H,31,39)/t11-,12+,18?,21?,28+/m1/s1. The number of fused-ring (bicyclic) bond motifs is 3. The number of aliphatic hydroxyl groups excluding tert-OH is 2. The van der Waals surface area contributed by atoms with Crippen LogP contribution in [0, 0.1) is 17.8 Å². The molecule has 2 aromatic rings. The Hall–Kier alpha value is -3.94. The maximum absolute atomic E-state index is 13.9. The summed E-state index contributed by atoms with van der Waals surface area (Å²) in [6.07, 6.45) is -2.39. The lowest BCUT2D eigenvalue weighted by molar-refractivity contribution is -0.167. The highest BCUT2D eigenvalue weighted by molar-refractivity contribution is 9.10. The summed E-state index contributed by atoms with van der Waals surface area (Å²) in [5, 5.41) is 46.8. The Bertz CT molecular complexity index is 1520. The number of carbonyl (C=O) groups is 4. The summed E-state index contributed by atoms with van der Waals surface area (Å²) < 4.78 is 6.04. The summed E-state index contributed by atoms with van der Waals surface area (Å²) >= 11 is 3.29. The predicted octanol–water partition coefficient (Wildman–Crippen LogP) is 2.18. The van der Waals surface area contributed by atoms with Gasteiger partial charge in [-0.2, -0.15) is 0 Å². The van der Waals surface area contributed by atoms with Crippen LogP contribution in [-0.2, 0) is 16.0 Å². The minimum atomic E-state index is -2.61. The number of phenolic OH excluding ortho intramolecular Hbond substituents is 1. The van der Waals surface area contributed by atoms with Gasteiger partial charge in [0.15, 0.2) is 22.9 Å². The average Bonchev–Trinajstić information content (AvgIpc) is 2.88. The molecule has 0 aromatic heterocycles. The number of hydrogen-bond acceptors (Lipinski definition) is 10. The number of allylic oxidation sites excluding steroid dienone is 1. The number of halogens is 1.